The molecule has 0 aromatic heterocycles. The third kappa shape index (κ3) is 2.54. The molecule has 0 aromatic rings. The van der Waals surface area contributed by atoms with Crippen molar-refractivity contribution in [1.82, 2.24) is 0 Å². The largest absolute Gasteiger partial charge is 0.457 e. The van der Waals surface area contributed by atoms with Crippen LogP contribution in [0.1, 0.15) is 79.6 Å². The van der Waals surface area contributed by atoms with Gasteiger partial charge in [0.05, 0.1) is 0 Å². The molecular formula is C25H38O3. The molecule has 7 atom stereocenters. The van der Waals surface area contributed by atoms with Gasteiger partial charge in [0.25, 0.3) is 0 Å². The lowest BCUT2D eigenvalue weighted by Crippen LogP contribution is -2.62. The zero-order chi connectivity index (χ0) is 20.4. The first-order valence-corrected chi connectivity index (χ1v) is 11.3. The van der Waals surface area contributed by atoms with E-state index in [-0.39, 0.29) is 33.7 Å². The van der Waals surface area contributed by atoms with Crippen molar-refractivity contribution >= 4 is 5.97 Å². The second-order valence-corrected chi connectivity index (χ2v) is 11.1. The van der Waals surface area contributed by atoms with E-state index in [9.17, 15) is 9.90 Å². The number of carbonyl (C=O) groups excluding carboxylic acids is 1. The lowest BCUT2D eigenvalue weighted by Gasteiger charge is -2.65. The van der Waals surface area contributed by atoms with E-state index in [1.54, 1.807) is 0 Å². The molecule has 28 heavy (non-hydrogen) atoms. The molecule has 4 rings (SSSR count). The molecule has 4 aliphatic rings. The summed E-state index contributed by atoms with van der Waals surface area (Å²) in [5.41, 5.74) is 0.871. The van der Waals surface area contributed by atoms with Crippen molar-refractivity contribution in [2.45, 2.75) is 85.7 Å². The first kappa shape index (κ1) is 20.2. The van der Waals surface area contributed by atoms with Crippen LogP contribution in [-0.4, -0.2) is 23.8 Å². The number of hydrogen-bond acceptors (Lipinski definition) is 3. The minimum absolute atomic E-state index is 0.0321. The number of aliphatic hydroxyl groups is 1. The number of allylic oxidation sites excluding steroid dienone is 1. The molecular weight excluding hydrogens is 348 g/mol. The van der Waals surface area contributed by atoms with Crippen LogP contribution in [0.15, 0.2) is 23.8 Å². The monoisotopic (exact) mass is 386 g/mol. The Morgan fingerprint density at radius 1 is 1.11 bits per heavy atom. The van der Waals surface area contributed by atoms with Crippen molar-refractivity contribution in [3.8, 4) is 0 Å². The van der Waals surface area contributed by atoms with E-state index in [4.69, 9.17) is 4.74 Å². The predicted octanol–water partition coefficient (Wildman–Crippen LogP) is 5.44. The van der Waals surface area contributed by atoms with Crippen LogP contribution >= 0.6 is 0 Å². The summed E-state index contributed by atoms with van der Waals surface area (Å²) in [5, 5.41) is 10.2. The molecule has 0 unspecified atom stereocenters. The van der Waals surface area contributed by atoms with Gasteiger partial charge in [-0.25, -0.2) is 4.79 Å². The highest BCUT2D eigenvalue weighted by Crippen LogP contribution is 2.72. The number of ether oxygens (including phenoxy) is 1. The summed E-state index contributed by atoms with van der Waals surface area (Å²) in [4.78, 5) is 12.7. The molecule has 0 saturated heterocycles. The highest BCUT2D eigenvalue weighted by atomic mass is 16.5. The summed E-state index contributed by atoms with van der Waals surface area (Å²) >= 11 is 0. The Morgan fingerprint density at radius 2 is 1.82 bits per heavy atom. The molecule has 3 saturated carbocycles. The molecule has 156 valence electrons. The van der Waals surface area contributed by atoms with Crippen LogP contribution in [0.25, 0.3) is 0 Å². The molecule has 2 bridgehead atoms. The van der Waals surface area contributed by atoms with E-state index in [2.05, 4.69) is 32.9 Å². The van der Waals surface area contributed by atoms with Gasteiger partial charge in [-0.15, -0.1) is 0 Å². The van der Waals surface area contributed by atoms with Gasteiger partial charge in [0.15, 0.2) is 0 Å². The number of carbonyl (C=O) groups is 1. The minimum atomic E-state index is -0.154. The van der Waals surface area contributed by atoms with Crippen molar-refractivity contribution in [1.29, 1.82) is 0 Å². The minimum Gasteiger partial charge on any atom is -0.457 e. The SMILES string of the molecule is C/C=C(\C)C(=O)O[C@@H]1[C@]23C=C[C@@]1(C)CC[C@H]2[C@]1(C)CCC[C@@](C)(CO)[C@H]1CC3. The fraction of sp³-hybridized carbons (Fsp3) is 0.800. The van der Waals surface area contributed by atoms with Crippen molar-refractivity contribution in [2.24, 2.45) is 33.5 Å². The van der Waals surface area contributed by atoms with E-state index >= 15 is 0 Å². The van der Waals surface area contributed by atoms with Gasteiger partial charge in [0.1, 0.15) is 6.10 Å². The van der Waals surface area contributed by atoms with Crippen molar-refractivity contribution in [3.05, 3.63) is 23.8 Å². The Balaban J connectivity index is 1.73. The Morgan fingerprint density at radius 3 is 2.50 bits per heavy atom. The summed E-state index contributed by atoms with van der Waals surface area (Å²) in [7, 11) is 0. The van der Waals surface area contributed by atoms with Crippen LogP contribution in [0.4, 0.5) is 0 Å². The average molecular weight is 387 g/mol. The summed E-state index contributed by atoms with van der Waals surface area (Å²) in [6.45, 7) is 11.1. The molecule has 3 heteroatoms. The third-order valence-corrected chi connectivity index (χ3v) is 9.59. The number of aliphatic hydroxyl groups excluding tert-OH is 1. The van der Waals surface area contributed by atoms with Gasteiger partial charge in [-0.1, -0.05) is 45.4 Å². The van der Waals surface area contributed by atoms with E-state index < -0.39 is 0 Å². The van der Waals surface area contributed by atoms with Crippen molar-refractivity contribution in [2.75, 3.05) is 6.61 Å². The van der Waals surface area contributed by atoms with Gasteiger partial charge < -0.3 is 9.84 Å². The zero-order valence-corrected chi connectivity index (χ0v) is 18.4. The van der Waals surface area contributed by atoms with Crippen LogP contribution in [0.3, 0.4) is 0 Å². The van der Waals surface area contributed by atoms with Gasteiger partial charge in [-0.3, -0.25) is 0 Å². The highest BCUT2D eigenvalue weighted by Gasteiger charge is 2.68. The van der Waals surface area contributed by atoms with Crippen LogP contribution in [0.2, 0.25) is 0 Å². The second-order valence-electron chi connectivity index (χ2n) is 11.1. The molecule has 0 amide bonds. The summed E-state index contributed by atoms with van der Waals surface area (Å²) in [6.07, 6.45) is 14.7. The Bertz CT molecular complexity index is 723. The predicted molar refractivity (Wildman–Crippen MR) is 112 cm³/mol. The van der Waals surface area contributed by atoms with Crippen LogP contribution in [0, 0.1) is 33.5 Å². The van der Waals surface area contributed by atoms with E-state index in [1.807, 2.05) is 19.9 Å². The Kier molecular flexibility index (Phi) is 4.65. The van der Waals surface area contributed by atoms with Gasteiger partial charge in [0.2, 0.25) is 0 Å². The van der Waals surface area contributed by atoms with Crippen molar-refractivity contribution < 1.29 is 14.6 Å². The number of esters is 1. The standard InChI is InChI=1S/C25H38O3/c1-6-17(2)20(27)28-21-22(3)12-8-19-24(5)11-7-10-23(4,16-26)18(24)9-13-25(19,21)15-14-22/h6,14-15,18-19,21,26H,7-13,16H2,1-5H3/b17-6+/t18-,19+,21+,22-,23+,24-,25-/m1/s1. The van der Waals surface area contributed by atoms with Gasteiger partial charge in [-0.2, -0.15) is 0 Å². The molecule has 3 fully saturated rings. The van der Waals surface area contributed by atoms with E-state index in [1.165, 1.54) is 19.3 Å². The fourth-order valence-corrected chi connectivity index (χ4v) is 7.96. The molecule has 0 aliphatic heterocycles. The topological polar surface area (TPSA) is 46.5 Å². The third-order valence-electron chi connectivity index (χ3n) is 9.59. The van der Waals surface area contributed by atoms with Gasteiger partial charge in [-0.05, 0) is 75.0 Å². The summed E-state index contributed by atoms with van der Waals surface area (Å²) < 4.78 is 6.28. The molecule has 3 nitrogen and oxygen atoms in total. The maximum Gasteiger partial charge on any atom is 0.333 e. The average Bonchev–Trinajstić information content (AvgIpc) is 2.83. The maximum absolute atomic E-state index is 12.7. The second kappa shape index (κ2) is 6.45. The normalized spacial score (nSPS) is 50.1. The van der Waals surface area contributed by atoms with Crippen LogP contribution < -0.4 is 0 Å². The first-order chi connectivity index (χ1) is 13.2. The van der Waals surface area contributed by atoms with Gasteiger partial charge in [0, 0.05) is 23.0 Å². The number of hydrogen-bond donors (Lipinski definition) is 1. The highest BCUT2D eigenvalue weighted by molar-refractivity contribution is 5.87. The number of fused-ring (bicyclic) bond motifs is 3. The molecule has 1 N–H and O–H groups in total. The van der Waals surface area contributed by atoms with E-state index in [0.29, 0.717) is 24.0 Å². The smallest absolute Gasteiger partial charge is 0.333 e. The molecule has 1 spiro atoms. The maximum atomic E-state index is 12.7. The lowest BCUT2D eigenvalue weighted by molar-refractivity contribution is -0.206. The van der Waals surface area contributed by atoms with Crippen LogP contribution in [0.5, 0.6) is 0 Å². The van der Waals surface area contributed by atoms with Crippen molar-refractivity contribution in [3.63, 3.8) is 0 Å². The molecule has 0 heterocycles. The Hall–Kier alpha value is -1.09. The Labute approximate surface area is 170 Å². The quantitative estimate of drug-likeness (QED) is 0.399. The molecule has 4 aliphatic carbocycles. The zero-order valence-electron chi connectivity index (χ0n) is 18.4. The van der Waals surface area contributed by atoms with Gasteiger partial charge >= 0.3 is 5.97 Å². The fourth-order valence-electron chi connectivity index (χ4n) is 7.96. The summed E-state index contributed by atoms with van der Waals surface area (Å²) in [5.74, 6) is 0.931. The molecule has 0 aromatic carbocycles. The summed E-state index contributed by atoms with van der Waals surface area (Å²) in [6, 6.07) is 0. The molecule has 0 radical (unpaired) electrons. The number of rotatable bonds is 3. The van der Waals surface area contributed by atoms with Crippen LogP contribution in [-0.2, 0) is 9.53 Å². The lowest BCUT2D eigenvalue weighted by atomic mass is 9.40. The first-order valence-electron chi connectivity index (χ1n) is 11.3. The van der Waals surface area contributed by atoms with E-state index in [0.717, 1.165) is 25.7 Å².